The molecule has 9 heteroatoms. The molecule has 1 amide bonds. The van der Waals surface area contributed by atoms with Crippen LogP contribution in [0, 0.1) is 0 Å². The summed E-state index contributed by atoms with van der Waals surface area (Å²) < 4.78 is 12.1. The fraction of sp³-hybridized carbons (Fsp3) is 0.238. The van der Waals surface area contributed by atoms with Crippen LogP contribution in [0.2, 0.25) is 0 Å². The quantitative estimate of drug-likeness (QED) is 0.427. The van der Waals surface area contributed by atoms with Crippen LogP contribution in [-0.4, -0.2) is 42.4 Å². The van der Waals surface area contributed by atoms with Crippen molar-refractivity contribution >= 4 is 51.2 Å². The van der Waals surface area contributed by atoms with Crippen molar-refractivity contribution in [3.05, 3.63) is 58.4 Å². The summed E-state index contributed by atoms with van der Waals surface area (Å²) >= 11 is 2.75. The molecule has 156 valence electrons. The van der Waals surface area contributed by atoms with Crippen molar-refractivity contribution in [1.82, 2.24) is 4.57 Å². The average Bonchev–Trinajstić information content (AvgIpc) is 3.09. The molecule has 0 radical (unpaired) electrons. The van der Waals surface area contributed by atoms with E-state index < -0.39 is 17.8 Å². The molecule has 0 aliphatic heterocycles. The maximum absolute atomic E-state index is 12.8. The molecule has 0 bridgehead atoms. The lowest BCUT2D eigenvalue weighted by Gasteiger charge is -2.05. The van der Waals surface area contributed by atoms with Gasteiger partial charge in [-0.3, -0.25) is 9.59 Å². The van der Waals surface area contributed by atoms with Gasteiger partial charge in [-0.25, -0.2) is 4.79 Å². The minimum atomic E-state index is -0.467. The van der Waals surface area contributed by atoms with Crippen LogP contribution in [0.5, 0.6) is 0 Å². The van der Waals surface area contributed by atoms with E-state index in [2.05, 4.69) is 4.99 Å². The number of rotatable bonds is 6. The molecule has 30 heavy (non-hydrogen) atoms. The summed E-state index contributed by atoms with van der Waals surface area (Å²) in [5, 5.41) is 0. The first-order valence-corrected chi connectivity index (χ1v) is 11.1. The molecule has 2 aromatic carbocycles. The number of thiazole rings is 1. The molecule has 3 aromatic rings. The van der Waals surface area contributed by atoms with Gasteiger partial charge in [-0.1, -0.05) is 17.4 Å². The fourth-order valence-corrected chi connectivity index (χ4v) is 4.33. The first kappa shape index (κ1) is 21.8. The van der Waals surface area contributed by atoms with Crippen molar-refractivity contribution < 1.29 is 23.9 Å². The predicted octanol–water partition coefficient (Wildman–Crippen LogP) is 3.52. The summed E-state index contributed by atoms with van der Waals surface area (Å²) in [6, 6.07) is 12.2. The Morgan fingerprint density at radius 2 is 1.93 bits per heavy atom. The third kappa shape index (κ3) is 4.80. The number of benzene rings is 2. The molecule has 0 unspecified atom stereocenters. The van der Waals surface area contributed by atoms with Gasteiger partial charge in [-0.2, -0.15) is 4.99 Å². The van der Waals surface area contributed by atoms with Gasteiger partial charge in [0.25, 0.3) is 5.91 Å². The normalized spacial score (nSPS) is 11.5. The monoisotopic (exact) mass is 444 g/mol. The van der Waals surface area contributed by atoms with Crippen LogP contribution in [0.3, 0.4) is 0 Å². The Balaban J connectivity index is 2.12. The van der Waals surface area contributed by atoms with E-state index in [1.54, 1.807) is 47.9 Å². The Labute approximate surface area is 181 Å². The number of amides is 1. The van der Waals surface area contributed by atoms with Crippen LogP contribution in [0.1, 0.15) is 27.6 Å². The Kier molecular flexibility index (Phi) is 7.07. The maximum Gasteiger partial charge on any atom is 0.337 e. The highest BCUT2D eigenvalue weighted by Gasteiger charge is 2.15. The number of hydrogen-bond donors (Lipinski definition) is 0. The van der Waals surface area contributed by atoms with E-state index in [4.69, 9.17) is 9.47 Å². The number of ether oxygens (including phenoxy) is 2. The standard InChI is InChI=1S/C21H20N2O5S2/c1-4-28-18(24)12-23-16-9-8-14(20(26)27-2)11-17(16)30-21(23)22-19(25)13-6-5-7-15(10-13)29-3/h5-11H,4,12H2,1-3H3. The summed E-state index contributed by atoms with van der Waals surface area (Å²) in [7, 11) is 1.31. The highest BCUT2D eigenvalue weighted by Crippen LogP contribution is 2.21. The fourth-order valence-electron chi connectivity index (χ4n) is 2.80. The number of fused-ring (bicyclic) bond motifs is 1. The summed E-state index contributed by atoms with van der Waals surface area (Å²) in [6.45, 7) is 1.88. The van der Waals surface area contributed by atoms with Crippen molar-refractivity contribution in [3.8, 4) is 0 Å². The molecule has 3 rings (SSSR count). The lowest BCUT2D eigenvalue weighted by atomic mass is 10.2. The van der Waals surface area contributed by atoms with Crippen molar-refractivity contribution in [2.75, 3.05) is 20.0 Å². The molecule has 0 saturated carbocycles. The highest BCUT2D eigenvalue weighted by molar-refractivity contribution is 7.98. The molecule has 1 aromatic heterocycles. The molecule has 1 heterocycles. The van der Waals surface area contributed by atoms with E-state index in [0.29, 0.717) is 26.1 Å². The van der Waals surface area contributed by atoms with Crippen LogP contribution in [0.15, 0.2) is 52.4 Å². The molecule has 7 nitrogen and oxygen atoms in total. The first-order chi connectivity index (χ1) is 14.5. The van der Waals surface area contributed by atoms with Crippen molar-refractivity contribution in [1.29, 1.82) is 0 Å². The Hall–Kier alpha value is -2.91. The van der Waals surface area contributed by atoms with Gasteiger partial charge in [0.1, 0.15) is 6.54 Å². The number of nitrogens with zero attached hydrogens (tertiary/aromatic N) is 2. The molecule has 0 spiro atoms. The number of thioether (sulfide) groups is 1. The average molecular weight is 445 g/mol. The van der Waals surface area contributed by atoms with Crippen molar-refractivity contribution in [3.63, 3.8) is 0 Å². The van der Waals surface area contributed by atoms with Crippen LogP contribution in [0.4, 0.5) is 0 Å². The predicted molar refractivity (Wildman–Crippen MR) is 116 cm³/mol. The second kappa shape index (κ2) is 9.73. The number of carbonyl (C=O) groups is 3. The largest absolute Gasteiger partial charge is 0.465 e. The Morgan fingerprint density at radius 1 is 1.13 bits per heavy atom. The van der Waals surface area contributed by atoms with Gasteiger partial charge in [0.2, 0.25) is 0 Å². The minimum absolute atomic E-state index is 0.0949. The van der Waals surface area contributed by atoms with E-state index >= 15 is 0 Å². The van der Waals surface area contributed by atoms with E-state index in [0.717, 1.165) is 4.90 Å². The first-order valence-electron chi connectivity index (χ1n) is 9.07. The lowest BCUT2D eigenvalue weighted by molar-refractivity contribution is -0.143. The zero-order valence-corrected chi connectivity index (χ0v) is 18.3. The molecule has 0 N–H and O–H groups in total. The van der Waals surface area contributed by atoms with E-state index in [1.807, 2.05) is 12.3 Å². The minimum Gasteiger partial charge on any atom is -0.465 e. The molecular formula is C21H20N2O5S2. The zero-order valence-electron chi connectivity index (χ0n) is 16.7. The summed E-state index contributed by atoms with van der Waals surface area (Å²) in [4.78, 5) is 42.3. The lowest BCUT2D eigenvalue weighted by Crippen LogP contribution is -2.23. The van der Waals surface area contributed by atoms with Gasteiger partial charge in [0, 0.05) is 10.5 Å². The molecule has 0 aliphatic carbocycles. The van der Waals surface area contributed by atoms with Gasteiger partial charge < -0.3 is 14.0 Å². The Morgan fingerprint density at radius 3 is 2.63 bits per heavy atom. The van der Waals surface area contributed by atoms with Gasteiger partial charge in [-0.05, 0) is 49.6 Å². The smallest absolute Gasteiger partial charge is 0.337 e. The summed E-state index contributed by atoms with van der Waals surface area (Å²) in [5.41, 5.74) is 1.50. The number of methoxy groups -OCH3 is 1. The third-order valence-corrected chi connectivity index (χ3v) is 5.98. The van der Waals surface area contributed by atoms with E-state index in [9.17, 15) is 14.4 Å². The third-order valence-electron chi connectivity index (χ3n) is 4.21. The van der Waals surface area contributed by atoms with Gasteiger partial charge in [-0.15, -0.1) is 11.8 Å². The summed E-state index contributed by atoms with van der Waals surface area (Å²) in [6.07, 6.45) is 1.93. The second-order valence-corrected chi connectivity index (χ2v) is 7.99. The molecule has 0 saturated heterocycles. The van der Waals surface area contributed by atoms with E-state index in [1.165, 1.54) is 30.2 Å². The van der Waals surface area contributed by atoms with Crippen LogP contribution < -0.4 is 4.80 Å². The van der Waals surface area contributed by atoms with Gasteiger partial charge in [0.15, 0.2) is 4.80 Å². The van der Waals surface area contributed by atoms with Crippen LogP contribution in [-0.2, 0) is 20.8 Å². The number of hydrogen-bond acceptors (Lipinski definition) is 7. The zero-order chi connectivity index (χ0) is 21.7. The topological polar surface area (TPSA) is 87.0 Å². The SMILES string of the molecule is CCOC(=O)Cn1c(=NC(=O)c2cccc(SC)c2)sc2cc(C(=O)OC)ccc21. The molecule has 0 aliphatic rings. The summed E-state index contributed by atoms with van der Waals surface area (Å²) in [5.74, 6) is -1.32. The highest BCUT2D eigenvalue weighted by atomic mass is 32.2. The number of esters is 2. The van der Waals surface area contributed by atoms with Crippen molar-refractivity contribution in [2.24, 2.45) is 4.99 Å². The van der Waals surface area contributed by atoms with Gasteiger partial charge in [0.05, 0.1) is 29.5 Å². The van der Waals surface area contributed by atoms with Crippen LogP contribution >= 0.6 is 23.1 Å². The van der Waals surface area contributed by atoms with E-state index in [-0.39, 0.29) is 13.2 Å². The van der Waals surface area contributed by atoms with Crippen LogP contribution in [0.25, 0.3) is 10.2 Å². The molecule has 0 atom stereocenters. The number of carbonyl (C=O) groups excluding carboxylic acids is 3. The molecular weight excluding hydrogens is 424 g/mol. The number of aromatic nitrogens is 1. The van der Waals surface area contributed by atoms with Crippen molar-refractivity contribution in [2.45, 2.75) is 18.4 Å². The van der Waals surface area contributed by atoms with Gasteiger partial charge >= 0.3 is 11.9 Å². The second-order valence-electron chi connectivity index (χ2n) is 6.10. The Bertz CT molecular complexity index is 1180. The molecule has 0 fully saturated rings. The maximum atomic E-state index is 12.8.